The molecule has 3 heteroatoms. The maximum absolute atomic E-state index is 9.43. The Kier molecular flexibility index (Phi) is 1.40. The summed E-state index contributed by atoms with van der Waals surface area (Å²) in [5.41, 5.74) is 0.994. The van der Waals surface area contributed by atoms with Crippen LogP contribution < -0.4 is 4.74 Å². The molecule has 0 radical (unpaired) electrons. The van der Waals surface area contributed by atoms with Crippen molar-refractivity contribution in [1.82, 2.24) is 0 Å². The standard InChI is InChI=1S/C11H12O3/c1-11-4-5-13-10(11)14-9-3-2-7(12)6-8(9)11/h2-3,6,10,12H,4-5H2,1H3. The fourth-order valence-electron chi connectivity index (χ4n) is 2.29. The number of phenols is 1. The average molecular weight is 192 g/mol. The highest BCUT2D eigenvalue weighted by Gasteiger charge is 2.49. The Morgan fingerprint density at radius 2 is 2.36 bits per heavy atom. The zero-order chi connectivity index (χ0) is 9.76. The molecule has 3 nitrogen and oxygen atoms in total. The van der Waals surface area contributed by atoms with E-state index in [-0.39, 0.29) is 11.7 Å². The molecule has 1 aromatic rings. The minimum absolute atomic E-state index is 0.0753. The van der Waals surface area contributed by atoms with Gasteiger partial charge in [0, 0.05) is 5.56 Å². The molecule has 74 valence electrons. The summed E-state index contributed by atoms with van der Waals surface area (Å²) >= 11 is 0. The predicted molar refractivity (Wildman–Crippen MR) is 50.4 cm³/mol. The third kappa shape index (κ3) is 0.852. The molecule has 1 N–H and O–H groups in total. The Morgan fingerprint density at radius 3 is 3.21 bits per heavy atom. The summed E-state index contributed by atoms with van der Waals surface area (Å²) in [4.78, 5) is 0. The van der Waals surface area contributed by atoms with Crippen molar-refractivity contribution >= 4 is 0 Å². The number of benzene rings is 1. The van der Waals surface area contributed by atoms with Gasteiger partial charge in [-0.25, -0.2) is 0 Å². The summed E-state index contributed by atoms with van der Waals surface area (Å²) in [6.07, 6.45) is 0.785. The highest BCUT2D eigenvalue weighted by Crippen LogP contribution is 2.49. The van der Waals surface area contributed by atoms with E-state index in [2.05, 4.69) is 6.92 Å². The summed E-state index contributed by atoms with van der Waals surface area (Å²) in [5, 5.41) is 9.43. The predicted octanol–water partition coefficient (Wildman–Crippen LogP) is 1.79. The highest BCUT2D eigenvalue weighted by molar-refractivity contribution is 5.48. The molecule has 1 aromatic carbocycles. The van der Waals surface area contributed by atoms with Crippen molar-refractivity contribution in [3.05, 3.63) is 23.8 Å². The Labute approximate surface area is 82.3 Å². The van der Waals surface area contributed by atoms with Gasteiger partial charge in [-0.15, -0.1) is 0 Å². The average Bonchev–Trinajstić information content (AvgIpc) is 2.62. The lowest BCUT2D eigenvalue weighted by Crippen LogP contribution is -2.29. The van der Waals surface area contributed by atoms with Crippen LogP contribution in [0.4, 0.5) is 0 Å². The van der Waals surface area contributed by atoms with E-state index in [4.69, 9.17) is 9.47 Å². The van der Waals surface area contributed by atoms with Crippen LogP contribution in [-0.2, 0) is 10.2 Å². The second-order valence-corrected chi connectivity index (χ2v) is 4.17. The molecule has 0 bridgehead atoms. The summed E-state index contributed by atoms with van der Waals surface area (Å²) in [5.74, 6) is 1.14. The quantitative estimate of drug-likeness (QED) is 0.681. The van der Waals surface area contributed by atoms with E-state index in [0.29, 0.717) is 5.75 Å². The minimum atomic E-state index is -0.167. The fraction of sp³-hybridized carbons (Fsp3) is 0.455. The third-order valence-corrected chi connectivity index (χ3v) is 3.22. The van der Waals surface area contributed by atoms with Gasteiger partial charge < -0.3 is 14.6 Å². The van der Waals surface area contributed by atoms with Gasteiger partial charge in [-0.3, -0.25) is 0 Å². The van der Waals surface area contributed by atoms with Crippen LogP contribution in [-0.4, -0.2) is 18.0 Å². The van der Waals surface area contributed by atoms with Crippen LogP contribution >= 0.6 is 0 Å². The highest BCUT2D eigenvalue weighted by atomic mass is 16.7. The van der Waals surface area contributed by atoms with E-state index in [1.807, 2.05) is 0 Å². The summed E-state index contributed by atoms with van der Waals surface area (Å²) in [6.45, 7) is 2.85. The Hall–Kier alpha value is -1.22. The largest absolute Gasteiger partial charge is 0.508 e. The zero-order valence-corrected chi connectivity index (χ0v) is 7.99. The van der Waals surface area contributed by atoms with E-state index in [1.54, 1.807) is 18.2 Å². The molecule has 0 aliphatic carbocycles. The van der Waals surface area contributed by atoms with Crippen molar-refractivity contribution in [2.75, 3.05) is 6.61 Å². The molecule has 2 unspecified atom stereocenters. The van der Waals surface area contributed by atoms with E-state index in [0.717, 1.165) is 24.3 Å². The van der Waals surface area contributed by atoms with Crippen LogP contribution in [0, 0.1) is 0 Å². The molecule has 0 spiro atoms. The van der Waals surface area contributed by atoms with Crippen molar-refractivity contribution in [3.63, 3.8) is 0 Å². The molecule has 0 aromatic heterocycles. The molecule has 1 saturated heterocycles. The minimum Gasteiger partial charge on any atom is -0.508 e. The molecule has 2 aliphatic rings. The van der Waals surface area contributed by atoms with Crippen LogP contribution in [0.15, 0.2) is 18.2 Å². The maximum Gasteiger partial charge on any atom is 0.209 e. The van der Waals surface area contributed by atoms with Gasteiger partial charge in [0.2, 0.25) is 6.29 Å². The number of fused-ring (bicyclic) bond motifs is 3. The van der Waals surface area contributed by atoms with Crippen molar-refractivity contribution in [3.8, 4) is 11.5 Å². The van der Waals surface area contributed by atoms with Gasteiger partial charge in [0.15, 0.2) is 0 Å². The molecule has 2 atom stereocenters. The normalized spacial score (nSPS) is 33.6. The van der Waals surface area contributed by atoms with Crippen molar-refractivity contribution in [2.45, 2.75) is 25.0 Å². The Balaban J connectivity index is 2.17. The molecule has 3 rings (SSSR count). The van der Waals surface area contributed by atoms with E-state index >= 15 is 0 Å². The Morgan fingerprint density at radius 1 is 1.50 bits per heavy atom. The van der Waals surface area contributed by atoms with Crippen molar-refractivity contribution < 1.29 is 14.6 Å². The third-order valence-electron chi connectivity index (χ3n) is 3.22. The fourth-order valence-corrected chi connectivity index (χ4v) is 2.29. The van der Waals surface area contributed by atoms with Gasteiger partial charge in [0.1, 0.15) is 11.5 Å². The zero-order valence-electron chi connectivity index (χ0n) is 7.99. The molecule has 0 saturated carbocycles. The van der Waals surface area contributed by atoms with Gasteiger partial charge in [0.05, 0.1) is 12.0 Å². The number of aromatic hydroxyl groups is 1. The first-order valence-electron chi connectivity index (χ1n) is 4.82. The van der Waals surface area contributed by atoms with Gasteiger partial charge in [-0.1, -0.05) is 0 Å². The van der Waals surface area contributed by atoms with Gasteiger partial charge in [0.25, 0.3) is 0 Å². The monoisotopic (exact) mass is 192 g/mol. The Bertz CT molecular complexity index is 388. The molecule has 14 heavy (non-hydrogen) atoms. The first kappa shape index (κ1) is 8.12. The molecular formula is C11H12O3. The summed E-state index contributed by atoms with van der Waals surface area (Å²) < 4.78 is 11.2. The number of phenolic OH excluding ortho intramolecular Hbond substituents is 1. The van der Waals surface area contributed by atoms with Crippen LogP contribution in [0.25, 0.3) is 0 Å². The molecule has 2 aliphatic heterocycles. The lowest BCUT2D eigenvalue weighted by Gasteiger charge is -2.19. The number of hydrogen-bond donors (Lipinski definition) is 1. The van der Waals surface area contributed by atoms with E-state index in [9.17, 15) is 5.11 Å². The number of hydrogen-bond acceptors (Lipinski definition) is 3. The number of rotatable bonds is 0. The smallest absolute Gasteiger partial charge is 0.209 e. The molecule has 2 heterocycles. The van der Waals surface area contributed by atoms with Gasteiger partial charge >= 0.3 is 0 Å². The van der Waals surface area contributed by atoms with Crippen molar-refractivity contribution in [1.29, 1.82) is 0 Å². The summed E-state index contributed by atoms with van der Waals surface area (Å²) in [7, 11) is 0. The van der Waals surface area contributed by atoms with Crippen LogP contribution in [0.2, 0.25) is 0 Å². The summed E-state index contributed by atoms with van der Waals surface area (Å²) in [6, 6.07) is 5.23. The SMILES string of the molecule is CC12CCOC1Oc1ccc(O)cc12. The number of ether oxygens (including phenoxy) is 2. The van der Waals surface area contributed by atoms with E-state index < -0.39 is 0 Å². The van der Waals surface area contributed by atoms with Crippen LogP contribution in [0.5, 0.6) is 11.5 Å². The second-order valence-electron chi connectivity index (χ2n) is 4.17. The van der Waals surface area contributed by atoms with Crippen molar-refractivity contribution in [2.24, 2.45) is 0 Å². The lowest BCUT2D eigenvalue weighted by molar-refractivity contribution is -0.0514. The molecule has 0 amide bonds. The van der Waals surface area contributed by atoms with Crippen LogP contribution in [0.3, 0.4) is 0 Å². The second kappa shape index (κ2) is 2.42. The van der Waals surface area contributed by atoms with Gasteiger partial charge in [-0.05, 0) is 31.5 Å². The maximum atomic E-state index is 9.43. The van der Waals surface area contributed by atoms with Gasteiger partial charge in [-0.2, -0.15) is 0 Å². The van der Waals surface area contributed by atoms with Crippen LogP contribution in [0.1, 0.15) is 18.9 Å². The topological polar surface area (TPSA) is 38.7 Å². The van der Waals surface area contributed by atoms with E-state index in [1.165, 1.54) is 0 Å². The molecular weight excluding hydrogens is 180 g/mol. The first-order valence-corrected chi connectivity index (χ1v) is 4.82. The lowest BCUT2D eigenvalue weighted by atomic mass is 9.82. The molecule has 1 fully saturated rings. The first-order chi connectivity index (χ1) is 6.70.